The van der Waals surface area contributed by atoms with E-state index in [1.165, 1.54) is 6.07 Å². The van der Waals surface area contributed by atoms with Gasteiger partial charge in [0.25, 0.3) is 15.7 Å². The van der Waals surface area contributed by atoms with Gasteiger partial charge < -0.3 is 0 Å². The van der Waals surface area contributed by atoms with Crippen molar-refractivity contribution in [1.82, 2.24) is 14.8 Å². The number of rotatable bonds is 5. The lowest BCUT2D eigenvalue weighted by Gasteiger charge is -2.15. The molecule has 0 atom stereocenters. The van der Waals surface area contributed by atoms with Crippen LogP contribution in [0.25, 0.3) is 5.69 Å². The minimum atomic E-state index is -4.75. The van der Waals surface area contributed by atoms with E-state index in [0.29, 0.717) is 6.07 Å². The number of alkyl halides is 3. The van der Waals surface area contributed by atoms with E-state index in [1.807, 2.05) is 4.72 Å². The van der Waals surface area contributed by atoms with Gasteiger partial charge in [0, 0.05) is 10.5 Å². The standard InChI is InChI=1S/C15H9BrF3N5O4S/c16-10-2-4-14(13(6-10)24(25)26)29(27,28)22-11-5-9(15(17,18)19)1-3-12(11)23-8-20-7-21-23/h1-8,22H. The molecule has 0 radical (unpaired) electrons. The molecule has 2 aromatic carbocycles. The summed E-state index contributed by atoms with van der Waals surface area (Å²) in [6.45, 7) is 0. The number of anilines is 1. The molecule has 1 N–H and O–H groups in total. The van der Waals surface area contributed by atoms with Crippen LogP contribution in [0.4, 0.5) is 24.5 Å². The Kier molecular flexibility index (Phi) is 5.32. The van der Waals surface area contributed by atoms with E-state index in [0.717, 1.165) is 41.6 Å². The molecule has 0 fully saturated rings. The smallest absolute Gasteiger partial charge is 0.277 e. The maximum Gasteiger partial charge on any atom is 0.416 e. The molecule has 9 nitrogen and oxygen atoms in total. The second-order valence-electron chi connectivity index (χ2n) is 5.54. The van der Waals surface area contributed by atoms with Gasteiger partial charge in [0.15, 0.2) is 4.90 Å². The topological polar surface area (TPSA) is 120 Å². The highest BCUT2D eigenvalue weighted by Gasteiger charge is 2.33. The Hall–Kier alpha value is -3.00. The maximum atomic E-state index is 13.1. The molecular formula is C15H9BrF3N5O4S. The van der Waals surface area contributed by atoms with E-state index in [-0.39, 0.29) is 10.2 Å². The zero-order chi connectivity index (χ0) is 21.4. The molecule has 152 valence electrons. The zero-order valence-electron chi connectivity index (χ0n) is 14.0. The van der Waals surface area contributed by atoms with Crippen LogP contribution in [0.15, 0.2) is 58.4 Å². The Morgan fingerprint density at radius 3 is 2.48 bits per heavy atom. The number of nitrogens with zero attached hydrogens (tertiary/aromatic N) is 4. The highest BCUT2D eigenvalue weighted by Crippen LogP contribution is 2.35. The van der Waals surface area contributed by atoms with Gasteiger partial charge in [-0.25, -0.2) is 18.1 Å². The molecule has 1 aromatic heterocycles. The van der Waals surface area contributed by atoms with Gasteiger partial charge in [0.1, 0.15) is 12.7 Å². The van der Waals surface area contributed by atoms with Crippen molar-refractivity contribution in [3.63, 3.8) is 0 Å². The van der Waals surface area contributed by atoms with E-state index in [2.05, 4.69) is 26.0 Å². The summed E-state index contributed by atoms with van der Waals surface area (Å²) in [6.07, 6.45) is -2.48. The summed E-state index contributed by atoms with van der Waals surface area (Å²) in [4.78, 5) is 13.3. The van der Waals surface area contributed by atoms with E-state index in [9.17, 15) is 31.7 Å². The minimum Gasteiger partial charge on any atom is -0.277 e. The van der Waals surface area contributed by atoms with Crippen LogP contribution in [0.3, 0.4) is 0 Å². The number of hydrogen-bond donors (Lipinski definition) is 1. The SMILES string of the molecule is O=[N+]([O-])c1cc(Br)ccc1S(=O)(=O)Nc1cc(C(F)(F)F)ccc1-n1cncn1. The van der Waals surface area contributed by atoms with Crippen LogP contribution in [0.1, 0.15) is 5.56 Å². The lowest BCUT2D eigenvalue weighted by Crippen LogP contribution is -2.17. The van der Waals surface area contributed by atoms with Gasteiger partial charge in [0.2, 0.25) is 0 Å². The number of halogens is 4. The van der Waals surface area contributed by atoms with Crippen LogP contribution in [0, 0.1) is 10.1 Å². The van der Waals surface area contributed by atoms with E-state index < -0.39 is 43.0 Å². The summed E-state index contributed by atoms with van der Waals surface area (Å²) in [5.41, 5.74) is -2.41. The third-order valence-corrected chi connectivity index (χ3v) is 5.55. The summed E-state index contributed by atoms with van der Waals surface area (Å²) in [5, 5.41) is 15.0. The molecule has 29 heavy (non-hydrogen) atoms. The molecule has 0 saturated carbocycles. The van der Waals surface area contributed by atoms with Gasteiger partial charge in [-0.1, -0.05) is 15.9 Å². The van der Waals surface area contributed by atoms with E-state index in [1.54, 1.807) is 0 Å². The van der Waals surface area contributed by atoms with Crippen LogP contribution in [0.5, 0.6) is 0 Å². The first-order valence-corrected chi connectivity index (χ1v) is 9.79. The lowest BCUT2D eigenvalue weighted by molar-refractivity contribution is -0.387. The molecule has 0 spiro atoms. The molecule has 1 heterocycles. The molecule has 3 rings (SSSR count). The Bertz CT molecular complexity index is 1180. The third-order valence-electron chi connectivity index (χ3n) is 3.64. The van der Waals surface area contributed by atoms with Crippen molar-refractivity contribution in [3.8, 4) is 5.69 Å². The number of nitrogens with one attached hydrogen (secondary N) is 1. The fourth-order valence-electron chi connectivity index (χ4n) is 2.39. The Balaban J connectivity index is 2.15. The highest BCUT2D eigenvalue weighted by molar-refractivity contribution is 9.10. The molecule has 0 saturated heterocycles. The van der Waals surface area contributed by atoms with Gasteiger partial charge >= 0.3 is 6.18 Å². The predicted octanol–water partition coefficient (Wildman–Crippen LogP) is 3.76. The van der Waals surface area contributed by atoms with Crippen molar-refractivity contribution in [2.24, 2.45) is 0 Å². The number of benzene rings is 2. The molecule has 3 aromatic rings. The fraction of sp³-hybridized carbons (Fsp3) is 0.0667. The summed E-state index contributed by atoms with van der Waals surface area (Å²) in [7, 11) is -4.62. The van der Waals surface area contributed by atoms with Crippen LogP contribution in [-0.2, 0) is 16.2 Å². The fourth-order valence-corrected chi connectivity index (χ4v) is 3.95. The van der Waals surface area contributed by atoms with E-state index >= 15 is 0 Å². The van der Waals surface area contributed by atoms with Crippen molar-refractivity contribution in [1.29, 1.82) is 0 Å². The van der Waals surface area contributed by atoms with Crippen molar-refractivity contribution >= 4 is 37.3 Å². The largest absolute Gasteiger partial charge is 0.416 e. The molecule has 0 bridgehead atoms. The summed E-state index contributed by atoms with van der Waals surface area (Å²) in [5.74, 6) is 0. The molecule has 0 aliphatic rings. The number of nitro groups is 1. The Morgan fingerprint density at radius 2 is 1.90 bits per heavy atom. The van der Waals surface area contributed by atoms with Gasteiger partial charge in [-0.3, -0.25) is 14.8 Å². The molecule has 0 unspecified atom stereocenters. The normalized spacial score (nSPS) is 12.0. The average molecular weight is 492 g/mol. The van der Waals surface area contributed by atoms with E-state index in [4.69, 9.17) is 0 Å². The number of hydrogen-bond acceptors (Lipinski definition) is 6. The monoisotopic (exact) mass is 491 g/mol. The van der Waals surface area contributed by atoms with Crippen LogP contribution < -0.4 is 4.72 Å². The average Bonchev–Trinajstić information content (AvgIpc) is 3.14. The lowest BCUT2D eigenvalue weighted by atomic mass is 10.1. The van der Waals surface area contributed by atoms with Crippen LogP contribution in [0.2, 0.25) is 0 Å². The highest BCUT2D eigenvalue weighted by atomic mass is 79.9. The van der Waals surface area contributed by atoms with Crippen LogP contribution >= 0.6 is 15.9 Å². The van der Waals surface area contributed by atoms with Crippen LogP contribution in [-0.4, -0.2) is 28.1 Å². The molecule has 0 aliphatic heterocycles. The Morgan fingerprint density at radius 1 is 1.17 bits per heavy atom. The molecular weight excluding hydrogens is 483 g/mol. The van der Waals surface area contributed by atoms with Crippen molar-refractivity contribution in [2.75, 3.05) is 4.72 Å². The molecule has 0 amide bonds. The first-order valence-electron chi connectivity index (χ1n) is 7.52. The summed E-state index contributed by atoms with van der Waals surface area (Å²) < 4.78 is 68.1. The van der Waals surface area contributed by atoms with Crippen molar-refractivity contribution < 1.29 is 26.5 Å². The quantitative estimate of drug-likeness (QED) is 0.428. The Labute approximate surface area is 169 Å². The summed E-state index contributed by atoms with van der Waals surface area (Å²) >= 11 is 3.00. The first kappa shape index (κ1) is 20.7. The summed E-state index contributed by atoms with van der Waals surface area (Å²) in [6, 6.07) is 5.51. The number of sulfonamides is 1. The zero-order valence-corrected chi connectivity index (χ0v) is 16.4. The second kappa shape index (κ2) is 7.44. The molecule has 14 heteroatoms. The van der Waals surface area contributed by atoms with Gasteiger partial charge in [-0.2, -0.15) is 18.3 Å². The number of aromatic nitrogens is 3. The number of nitro benzene ring substituents is 1. The predicted molar refractivity (Wildman–Crippen MR) is 98.0 cm³/mol. The van der Waals surface area contributed by atoms with Crippen molar-refractivity contribution in [2.45, 2.75) is 11.1 Å². The van der Waals surface area contributed by atoms with Gasteiger partial charge in [-0.05, 0) is 30.3 Å². The van der Waals surface area contributed by atoms with Gasteiger partial charge in [0.05, 0.1) is 21.9 Å². The maximum absolute atomic E-state index is 13.1. The third kappa shape index (κ3) is 4.37. The van der Waals surface area contributed by atoms with Gasteiger partial charge in [-0.15, -0.1) is 0 Å². The molecule has 0 aliphatic carbocycles. The first-order chi connectivity index (χ1) is 13.5. The second-order valence-corrected chi connectivity index (χ2v) is 8.11. The van der Waals surface area contributed by atoms with Crippen molar-refractivity contribution in [3.05, 3.63) is 69.2 Å². The minimum absolute atomic E-state index is 0.0566.